The highest BCUT2D eigenvalue weighted by Gasteiger charge is 2.51. The fraction of sp³-hybridized carbons (Fsp3) is 0.344. The van der Waals surface area contributed by atoms with E-state index in [2.05, 4.69) is 5.32 Å². The minimum Gasteiger partial charge on any atom is -0.375 e. The van der Waals surface area contributed by atoms with Crippen LogP contribution in [0.3, 0.4) is 0 Å². The molecule has 5 rings (SSSR count). The van der Waals surface area contributed by atoms with Gasteiger partial charge in [-0.05, 0) is 28.8 Å². The van der Waals surface area contributed by atoms with Gasteiger partial charge < -0.3 is 19.9 Å². The number of halogens is 1. The molecule has 2 saturated heterocycles. The topological polar surface area (TPSA) is 85.4 Å². The van der Waals surface area contributed by atoms with Crippen molar-refractivity contribution in [2.45, 2.75) is 38.7 Å². The molecule has 2 atom stereocenters. The summed E-state index contributed by atoms with van der Waals surface area (Å²) in [6.45, 7) is 3.66. The standard InChI is InChI=1S/C32H36FN5O4/c1-2-36-22-30(39)37-28(19-24-9-5-3-6-10-24)31(40)35(17-18-42-23-26-13-15-27(33)16-14-26)21-29(37)38(36)32(41)34-20-25-11-7-4-8-12-25/h3-16,28-29H,2,17-23H2,1H3,(H,34,41)/t28-,29-/m0/s1. The Labute approximate surface area is 245 Å². The number of amides is 4. The van der Waals surface area contributed by atoms with Gasteiger partial charge >= 0.3 is 6.03 Å². The number of hydrazine groups is 1. The van der Waals surface area contributed by atoms with Crippen LogP contribution >= 0.6 is 0 Å². The van der Waals surface area contributed by atoms with Gasteiger partial charge in [0.05, 0.1) is 26.3 Å². The van der Waals surface area contributed by atoms with Crippen LogP contribution in [-0.2, 0) is 33.9 Å². The number of hydrogen-bond donors (Lipinski definition) is 1. The molecular formula is C32H36FN5O4. The zero-order valence-electron chi connectivity index (χ0n) is 23.7. The summed E-state index contributed by atoms with van der Waals surface area (Å²) in [4.78, 5) is 44.4. The first kappa shape index (κ1) is 29.2. The predicted molar refractivity (Wildman–Crippen MR) is 155 cm³/mol. The number of benzene rings is 3. The van der Waals surface area contributed by atoms with Crippen molar-refractivity contribution in [1.82, 2.24) is 25.1 Å². The summed E-state index contributed by atoms with van der Waals surface area (Å²) in [5.74, 6) is -0.675. The number of ether oxygens (including phenoxy) is 1. The molecule has 10 heteroatoms. The first-order valence-electron chi connectivity index (χ1n) is 14.3. The molecule has 0 radical (unpaired) electrons. The first-order valence-corrected chi connectivity index (χ1v) is 14.3. The molecule has 3 aromatic rings. The third kappa shape index (κ3) is 6.78. The summed E-state index contributed by atoms with van der Waals surface area (Å²) in [6, 6.07) is 24.2. The highest BCUT2D eigenvalue weighted by molar-refractivity contribution is 5.91. The van der Waals surface area contributed by atoms with Gasteiger partial charge in [-0.15, -0.1) is 0 Å². The van der Waals surface area contributed by atoms with Crippen molar-refractivity contribution in [3.63, 3.8) is 0 Å². The van der Waals surface area contributed by atoms with Crippen LogP contribution in [0.2, 0.25) is 0 Å². The quantitative estimate of drug-likeness (QED) is 0.376. The number of nitrogens with one attached hydrogen (secondary N) is 1. The molecule has 220 valence electrons. The van der Waals surface area contributed by atoms with Crippen molar-refractivity contribution in [3.05, 3.63) is 107 Å². The van der Waals surface area contributed by atoms with Crippen LogP contribution in [0, 0.1) is 5.82 Å². The number of likely N-dealkylation sites (N-methyl/N-ethyl adjacent to an activating group) is 1. The number of carbonyl (C=O) groups is 3. The lowest BCUT2D eigenvalue weighted by Gasteiger charge is -2.55. The van der Waals surface area contributed by atoms with Crippen LogP contribution < -0.4 is 5.32 Å². The zero-order valence-corrected chi connectivity index (χ0v) is 23.7. The van der Waals surface area contributed by atoms with E-state index in [0.29, 0.717) is 19.5 Å². The maximum absolute atomic E-state index is 13.9. The Balaban J connectivity index is 1.36. The van der Waals surface area contributed by atoms with E-state index in [9.17, 15) is 18.8 Å². The van der Waals surface area contributed by atoms with Crippen molar-refractivity contribution in [2.75, 3.05) is 32.8 Å². The zero-order chi connectivity index (χ0) is 29.5. The van der Waals surface area contributed by atoms with Crippen LogP contribution in [-0.4, -0.2) is 82.7 Å². The molecule has 2 aliphatic rings. The monoisotopic (exact) mass is 573 g/mol. The number of piperazine rings is 1. The predicted octanol–water partition coefficient (Wildman–Crippen LogP) is 3.41. The van der Waals surface area contributed by atoms with Crippen molar-refractivity contribution >= 4 is 17.8 Å². The Morgan fingerprint density at radius 1 is 0.929 bits per heavy atom. The molecule has 42 heavy (non-hydrogen) atoms. The van der Waals surface area contributed by atoms with Gasteiger partial charge in [0, 0.05) is 26.1 Å². The van der Waals surface area contributed by atoms with E-state index in [1.54, 1.807) is 32.0 Å². The number of carbonyl (C=O) groups excluding carboxylic acids is 3. The summed E-state index contributed by atoms with van der Waals surface area (Å²) < 4.78 is 19.1. The van der Waals surface area contributed by atoms with E-state index >= 15 is 0 Å². The van der Waals surface area contributed by atoms with Crippen LogP contribution in [0.15, 0.2) is 84.9 Å². The van der Waals surface area contributed by atoms with Gasteiger partial charge in [0.25, 0.3) is 0 Å². The third-order valence-corrected chi connectivity index (χ3v) is 7.65. The Kier molecular flexibility index (Phi) is 9.45. The normalized spacial score (nSPS) is 19.1. The Bertz CT molecular complexity index is 1360. The van der Waals surface area contributed by atoms with Crippen LogP contribution in [0.25, 0.3) is 0 Å². The summed E-state index contributed by atoms with van der Waals surface area (Å²) in [6.07, 6.45) is -0.342. The van der Waals surface area contributed by atoms with Crippen molar-refractivity contribution in [1.29, 1.82) is 0 Å². The van der Waals surface area contributed by atoms with Gasteiger partial charge in [0.2, 0.25) is 11.8 Å². The molecule has 0 aromatic heterocycles. The third-order valence-electron chi connectivity index (χ3n) is 7.65. The molecule has 0 bridgehead atoms. The van der Waals surface area contributed by atoms with Crippen LogP contribution in [0.5, 0.6) is 0 Å². The minimum absolute atomic E-state index is 0.00507. The second-order valence-corrected chi connectivity index (χ2v) is 10.4. The van der Waals surface area contributed by atoms with E-state index in [-0.39, 0.29) is 56.5 Å². The lowest BCUT2D eigenvalue weighted by Crippen LogP contribution is -2.76. The lowest BCUT2D eigenvalue weighted by molar-refractivity contribution is -0.190. The summed E-state index contributed by atoms with van der Waals surface area (Å²) in [5, 5.41) is 6.34. The molecule has 0 spiro atoms. The molecule has 0 saturated carbocycles. The number of nitrogens with zero attached hydrogens (tertiary/aromatic N) is 4. The molecule has 2 aliphatic heterocycles. The maximum atomic E-state index is 13.9. The molecular weight excluding hydrogens is 537 g/mol. The molecule has 2 heterocycles. The number of hydrogen-bond acceptors (Lipinski definition) is 5. The van der Waals surface area contributed by atoms with E-state index in [0.717, 1.165) is 16.7 Å². The Morgan fingerprint density at radius 2 is 1.60 bits per heavy atom. The SMILES string of the molecule is CCN1CC(=O)N2[C@@H](Cc3ccccc3)C(=O)N(CCOCc3ccc(F)cc3)C[C@@H]2N1C(=O)NCc1ccccc1. The fourth-order valence-electron chi connectivity index (χ4n) is 5.50. The molecule has 2 fully saturated rings. The maximum Gasteiger partial charge on any atom is 0.334 e. The molecule has 0 aliphatic carbocycles. The number of fused-ring (bicyclic) bond motifs is 1. The van der Waals surface area contributed by atoms with Crippen LogP contribution in [0.4, 0.5) is 9.18 Å². The summed E-state index contributed by atoms with van der Waals surface area (Å²) in [7, 11) is 0. The van der Waals surface area contributed by atoms with Gasteiger partial charge in [-0.2, -0.15) is 0 Å². The van der Waals surface area contributed by atoms with E-state index in [1.165, 1.54) is 12.1 Å². The Morgan fingerprint density at radius 3 is 2.26 bits per heavy atom. The Hall–Kier alpha value is -4.28. The fourth-order valence-corrected chi connectivity index (χ4v) is 5.50. The van der Waals surface area contributed by atoms with Gasteiger partial charge in [-0.3, -0.25) is 9.59 Å². The average molecular weight is 574 g/mol. The molecule has 4 amide bonds. The van der Waals surface area contributed by atoms with Gasteiger partial charge in [0.1, 0.15) is 18.0 Å². The first-order chi connectivity index (χ1) is 20.4. The van der Waals surface area contributed by atoms with Crippen LogP contribution in [0.1, 0.15) is 23.6 Å². The number of rotatable bonds is 10. The summed E-state index contributed by atoms with van der Waals surface area (Å²) in [5.41, 5.74) is 2.71. The van der Waals surface area contributed by atoms with Gasteiger partial charge in [-0.25, -0.2) is 19.2 Å². The van der Waals surface area contributed by atoms with E-state index < -0.39 is 12.2 Å². The van der Waals surface area contributed by atoms with Gasteiger partial charge in [0.15, 0.2) is 0 Å². The molecule has 1 N–H and O–H groups in total. The smallest absolute Gasteiger partial charge is 0.334 e. The van der Waals surface area contributed by atoms with E-state index in [1.807, 2.05) is 67.6 Å². The minimum atomic E-state index is -0.765. The molecule has 9 nitrogen and oxygen atoms in total. The second kappa shape index (κ2) is 13.6. The average Bonchev–Trinajstić information content (AvgIpc) is 3.01. The van der Waals surface area contributed by atoms with Crippen molar-refractivity contribution in [2.24, 2.45) is 0 Å². The van der Waals surface area contributed by atoms with Gasteiger partial charge in [-0.1, -0.05) is 79.7 Å². The van der Waals surface area contributed by atoms with Crippen molar-refractivity contribution in [3.8, 4) is 0 Å². The number of urea groups is 1. The van der Waals surface area contributed by atoms with E-state index in [4.69, 9.17) is 4.74 Å². The molecule has 0 unspecified atom stereocenters. The van der Waals surface area contributed by atoms with Crippen molar-refractivity contribution < 1.29 is 23.5 Å². The highest BCUT2D eigenvalue weighted by atomic mass is 19.1. The summed E-state index contributed by atoms with van der Waals surface area (Å²) >= 11 is 0. The molecule has 3 aromatic carbocycles. The second-order valence-electron chi connectivity index (χ2n) is 10.4. The largest absolute Gasteiger partial charge is 0.375 e. The lowest BCUT2D eigenvalue weighted by atomic mass is 9.99. The highest BCUT2D eigenvalue weighted by Crippen LogP contribution is 2.28.